The Morgan fingerprint density at radius 1 is 1.23 bits per heavy atom. The minimum atomic E-state index is -5.40. The molecule has 0 aliphatic carbocycles. The monoisotopic (exact) mass is 464 g/mol. The molecule has 0 unspecified atom stereocenters. The van der Waals surface area contributed by atoms with E-state index in [1.165, 1.54) is 0 Å². The number of rotatable bonds is 6. The summed E-state index contributed by atoms with van der Waals surface area (Å²) in [6, 6.07) is 1.71. The standard InChI is InChI=1S/C20H21N3O5S2/c1-10-8-11(2)17(15(9-10)14(5)24)21-19(25)18-16(6-7-29-18)30(26,27)23-20-12(3)13(4)22-28-20/h6-9,23H,1-5H3,(H,21,25)/i1D3,2D3,3D3,4D3,5D3/hD2. The lowest BCUT2D eigenvalue weighted by Gasteiger charge is -2.14. The number of carbonyl (C=O) groups is 2. The van der Waals surface area contributed by atoms with E-state index in [1.807, 2.05) is 0 Å². The molecule has 0 aliphatic heterocycles. The minimum absolute atomic E-state index is 0.306. The number of nitrogens with one attached hydrogen (secondary N) is 2. The molecule has 0 radical (unpaired) electrons. The van der Waals surface area contributed by atoms with Gasteiger partial charge in [0.25, 0.3) is 15.9 Å². The maximum atomic E-state index is 13.6. The Kier molecular flexibility index (Phi) is 2.31. The molecule has 0 bridgehead atoms. The van der Waals surface area contributed by atoms with Crippen molar-refractivity contribution in [1.29, 1.82) is 0 Å². The van der Waals surface area contributed by atoms with E-state index in [2.05, 4.69) is 9.68 Å². The summed E-state index contributed by atoms with van der Waals surface area (Å²) < 4.78 is 162. The van der Waals surface area contributed by atoms with Crippen molar-refractivity contribution in [3.63, 3.8) is 0 Å². The number of amides is 1. The minimum Gasteiger partial charge on any atom is -0.337 e. The number of ketones is 1. The van der Waals surface area contributed by atoms with Gasteiger partial charge in [0.05, 0.1) is 11.4 Å². The van der Waals surface area contributed by atoms with Crippen molar-refractivity contribution in [1.82, 2.24) is 5.16 Å². The van der Waals surface area contributed by atoms with Crippen LogP contribution < -0.4 is 10.0 Å². The summed E-state index contributed by atoms with van der Waals surface area (Å²) in [6.45, 7) is -16.6. The van der Waals surface area contributed by atoms with Gasteiger partial charge in [-0.25, -0.2) is 13.1 Å². The fourth-order valence-electron chi connectivity index (χ4n) is 2.24. The number of sulfonamides is 1. The highest BCUT2D eigenvalue weighted by molar-refractivity contribution is 7.93. The van der Waals surface area contributed by atoms with Crippen LogP contribution in [0.3, 0.4) is 0 Å². The summed E-state index contributed by atoms with van der Waals surface area (Å²) in [4.78, 5) is 24.5. The molecule has 0 fully saturated rings. The molecule has 3 rings (SSSR count). The van der Waals surface area contributed by atoms with Crippen LogP contribution in [0.1, 0.15) is 69.8 Å². The molecule has 2 aromatic heterocycles. The second-order valence-electron chi connectivity index (χ2n) is 5.56. The molecule has 2 N–H and O–H groups in total. The second-order valence-corrected chi connectivity index (χ2v) is 8.05. The van der Waals surface area contributed by atoms with Crippen molar-refractivity contribution >= 4 is 44.6 Å². The van der Waals surface area contributed by atoms with Gasteiger partial charge in [-0.1, -0.05) is 11.2 Å². The molecule has 1 amide bonds. The zero-order valence-electron chi connectivity index (χ0n) is 31.5. The first-order chi connectivity index (χ1) is 20.9. The molecule has 0 spiro atoms. The predicted molar refractivity (Wildman–Crippen MR) is 115 cm³/mol. The van der Waals surface area contributed by atoms with Crippen LogP contribution in [0.2, 0.25) is 2.82 Å². The van der Waals surface area contributed by atoms with Crippen molar-refractivity contribution in [2.24, 2.45) is 0 Å². The van der Waals surface area contributed by atoms with E-state index in [-0.39, 0.29) is 5.31 Å². The number of hydrogen-bond donors (Lipinski definition) is 2. The van der Waals surface area contributed by atoms with Gasteiger partial charge < -0.3 is 9.83 Å². The molecule has 10 heteroatoms. The number of benzene rings is 1. The summed E-state index contributed by atoms with van der Waals surface area (Å²) in [5, 5.41) is 3.74. The topological polar surface area (TPSA) is 118 Å². The zero-order valence-corrected chi connectivity index (χ0v) is 16.1. The van der Waals surface area contributed by atoms with Gasteiger partial charge in [0, 0.05) is 31.7 Å². The third-order valence-electron chi connectivity index (χ3n) is 3.55. The number of nitrogens with zero attached hydrogens (tertiary/aromatic N) is 1. The third kappa shape index (κ3) is 4.14. The van der Waals surface area contributed by atoms with Crippen LogP contribution in [0, 0.1) is 27.4 Å². The van der Waals surface area contributed by atoms with E-state index in [1.54, 1.807) is 0 Å². The highest BCUT2D eigenvalue weighted by Gasteiger charge is 2.27. The summed E-state index contributed by atoms with van der Waals surface area (Å²) >= 11 is 0.306. The number of anilines is 2. The number of thiophene rings is 1. The molecule has 30 heavy (non-hydrogen) atoms. The third-order valence-corrected chi connectivity index (χ3v) is 5.88. The first kappa shape index (κ1) is 8.64. The Hall–Kier alpha value is -2.98. The van der Waals surface area contributed by atoms with E-state index in [0.29, 0.717) is 23.5 Å². The van der Waals surface area contributed by atoms with Crippen molar-refractivity contribution in [3.05, 3.63) is 56.4 Å². The first-order valence-electron chi connectivity index (χ1n) is 16.0. The smallest absolute Gasteiger partial charge is 0.267 e. The van der Waals surface area contributed by atoms with Crippen molar-refractivity contribution in [2.45, 2.75) is 39.2 Å². The molecule has 158 valence electrons. The van der Waals surface area contributed by atoms with Gasteiger partial charge in [-0.15, -0.1) is 11.3 Å². The van der Waals surface area contributed by atoms with Gasteiger partial charge in [0.15, 0.2) is 8.61 Å². The normalized spacial score (nSPS) is 21.8. The number of hydrogen-bond acceptors (Lipinski definition) is 7. The Labute approximate surface area is 202 Å². The largest absolute Gasteiger partial charge is 0.337 e. The molecular weight excluding hydrogens is 426 g/mol. The van der Waals surface area contributed by atoms with Crippen molar-refractivity contribution in [3.8, 4) is 0 Å². The average molecular weight is 465 g/mol. The van der Waals surface area contributed by atoms with Crippen LogP contribution in [0.25, 0.3) is 0 Å². The summed E-state index contributed by atoms with van der Waals surface area (Å²) in [5.74, 6) is -4.94. The zero-order chi connectivity index (χ0) is 36.5. The Balaban J connectivity index is 2.27. The Morgan fingerprint density at radius 3 is 2.80 bits per heavy atom. The van der Waals surface area contributed by atoms with Crippen LogP contribution in [0.5, 0.6) is 0 Å². The number of aromatic nitrogens is 1. The molecule has 3 aromatic rings. The lowest BCUT2D eigenvalue weighted by atomic mass is 10.0. The molecule has 0 aliphatic rings. The van der Waals surface area contributed by atoms with E-state index >= 15 is 0 Å². The average Bonchev–Trinajstić information content (AvgIpc) is 3.57. The molecule has 0 saturated carbocycles. The van der Waals surface area contributed by atoms with Gasteiger partial charge in [0.2, 0.25) is 5.88 Å². The SMILES string of the molecule is [2H]N(C(=O)c1sccc1S(=O)(=O)N([2H])c1onc(C([2H])([2H])[2H])c1C([2H])([2H])[2H])c1c(C(=O)C([2H])([2H])[2H])cc(C([2H])([2H])[2H])cc1C([2H])([2H])[2H]. The van der Waals surface area contributed by atoms with E-state index in [9.17, 15) is 18.0 Å². The van der Waals surface area contributed by atoms with Crippen molar-refractivity contribution < 1.29 is 45.9 Å². The number of carbonyl (C=O) groups excluding carboxylic acids is 2. The fourth-order valence-corrected chi connectivity index (χ4v) is 4.46. The molecule has 0 atom stereocenters. The molecule has 1 aromatic carbocycles. The van der Waals surface area contributed by atoms with Crippen LogP contribution in [-0.4, -0.2) is 25.3 Å². The molecular formula is C20H21N3O5S2. The second kappa shape index (κ2) is 8.04. The maximum Gasteiger partial charge on any atom is 0.267 e. The molecule has 0 saturated heterocycles. The first-order valence-corrected chi connectivity index (χ1v) is 9.95. The van der Waals surface area contributed by atoms with Crippen LogP contribution in [0.4, 0.5) is 11.6 Å². The van der Waals surface area contributed by atoms with Gasteiger partial charge >= 0.3 is 0 Å². The fraction of sp³-hybridized carbons (Fsp3) is 0.250. The molecule has 2 heterocycles. The lowest BCUT2D eigenvalue weighted by molar-refractivity contribution is 0.101. The van der Waals surface area contributed by atoms with Crippen LogP contribution in [-0.2, 0) is 10.0 Å². The number of Topliss-reactive ketones (excluding diaryl/α,β-unsaturated/α-hetero) is 1. The van der Waals surface area contributed by atoms with E-state index in [0.717, 1.165) is 11.4 Å². The number of aryl methyl sites for hydroxylation is 3. The van der Waals surface area contributed by atoms with Gasteiger partial charge in [-0.2, -0.15) is 0 Å². The molecule has 8 nitrogen and oxygen atoms in total. The summed E-state index contributed by atoms with van der Waals surface area (Å²) in [6.07, 6.45) is 0. The van der Waals surface area contributed by atoms with E-state index in [4.69, 9.17) is 23.4 Å². The van der Waals surface area contributed by atoms with Gasteiger partial charge in [-0.05, 0) is 62.9 Å². The lowest BCUT2D eigenvalue weighted by Crippen LogP contribution is -2.20. The van der Waals surface area contributed by atoms with Gasteiger partial charge in [-0.3, -0.25) is 9.59 Å². The van der Waals surface area contributed by atoms with E-state index < -0.39 is 110 Å². The quantitative estimate of drug-likeness (QED) is 0.527. The maximum absolute atomic E-state index is 13.6. The summed E-state index contributed by atoms with van der Waals surface area (Å²) in [5.41, 5.74) is -6.76. The summed E-state index contributed by atoms with van der Waals surface area (Å²) in [7, 11) is -5.40. The Bertz CT molecular complexity index is 1820. The van der Waals surface area contributed by atoms with Crippen LogP contribution >= 0.6 is 11.3 Å². The van der Waals surface area contributed by atoms with Crippen LogP contribution in [0.15, 0.2) is 33.0 Å². The van der Waals surface area contributed by atoms with Gasteiger partial charge in [0.1, 0.15) is 9.77 Å². The predicted octanol–water partition coefficient (Wildman–Crippen LogP) is 4.23. The highest BCUT2D eigenvalue weighted by atomic mass is 32.2. The van der Waals surface area contributed by atoms with Crippen molar-refractivity contribution in [2.75, 3.05) is 10.0 Å². The highest BCUT2D eigenvalue weighted by Crippen LogP contribution is 2.29. The Morgan fingerprint density at radius 2 is 2.10 bits per heavy atom.